The van der Waals surface area contributed by atoms with Gasteiger partial charge in [-0.2, -0.15) is 13.2 Å². The largest absolute Gasteiger partial charge is 0.419 e. The zero-order valence-electron chi connectivity index (χ0n) is 10.3. The number of aromatic nitrogens is 2. The lowest BCUT2D eigenvalue weighted by Crippen LogP contribution is -2.10. The summed E-state index contributed by atoms with van der Waals surface area (Å²) in [5.74, 6) is -1.37. The quantitative estimate of drug-likeness (QED) is 0.885. The van der Waals surface area contributed by atoms with Gasteiger partial charge in [0, 0.05) is 0 Å². The van der Waals surface area contributed by atoms with Gasteiger partial charge in [-0.15, -0.1) is 5.10 Å². The van der Waals surface area contributed by atoms with Crippen molar-refractivity contribution in [3.8, 4) is 0 Å². The molecule has 0 amide bonds. The van der Waals surface area contributed by atoms with Crippen LogP contribution in [0.25, 0.3) is 0 Å². The van der Waals surface area contributed by atoms with E-state index in [1.807, 2.05) is 0 Å². The van der Waals surface area contributed by atoms with Gasteiger partial charge in [0.2, 0.25) is 0 Å². The van der Waals surface area contributed by atoms with Gasteiger partial charge >= 0.3 is 6.18 Å². The van der Waals surface area contributed by atoms with Crippen LogP contribution in [0.1, 0.15) is 34.7 Å². The molecule has 0 spiro atoms. The fourth-order valence-corrected chi connectivity index (χ4v) is 2.50. The summed E-state index contributed by atoms with van der Waals surface area (Å²) >= 11 is 0.909. The number of hydrogen-bond acceptors (Lipinski definition) is 4. The second-order valence-corrected chi connectivity index (χ2v) is 4.86. The van der Waals surface area contributed by atoms with E-state index in [1.54, 1.807) is 6.92 Å². The standard InChI is InChI=1S/C12H10F4N2OS/c1-2-9-11(20-18-17-9)10(19)6-3-4-8(13)7(5-6)12(14,15)16/h3-5,10,19H,2H2,1H3. The van der Waals surface area contributed by atoms with E-state index in [-0.39, 0.29) is 5.56 Å². The molecule has 1 heterocycles. The Bertz CT molecular complexity index is 612. The molecule has 0 bridgehead atoms. The molecule has 8 heteroatoms. The molecule has 20 heavy (non-hydrogen) atoms. The minimum atomic E-state index is -4.81. The fraction of sp³-hybridized carbons (Fsp3) is 0.333. The third kappa shape index (κ3) is 2.80. The van der Waals surface area contributed by atoms with Crippen LogP contribution in [0.15, 0.2) is 18.2 Å². The van der Waals surface area contributed by atoms with Crippen LogP contribution in [0.4, 0.5) is 17.6 Å². The molecule has 2 aromatic rings. The molecule has 1 aromatic carbocycles. The first-order valence-corrected chi connectivity index (χ1v) is 6.47. The molecule has 0 radical (unpaired) electrons. The Morgan fingerprint density at radius 1 is 1.35 bits per heavy atom. The molecule has 1 N–H and O–H groups in total. The number of aryl methyl sites for hydroxylation is 1. The van der Waals surface area contributed by atoms with Gasteiger partial charge in [-0.25, -0.2) is 4.39 Å². The third-order valence-electron chi connectivity index (χ3n) is 2.78. The van der Waals surface area contributed by atoms with Crippen LogP contribution in [0.3, 0.4) is 0 Å². The summed E-state index contributed by atoms with van der Waals surface area (Å²) in [4.78, 5) is 0.368. The van der Waals surface area contributed by atoms with Gasteiger partial charge in [-0.3, -0.25) is 0 Å². The molecule has 3 nitrogen and oxygen atoms in total. The Labute approximate surface area is 116 Å². The predicted octanol–water partition coefficient (Wildman–Crippen LogP) is 3.34. The predicted molar refractivity (Wildman–Crippen MR) is 64.8 cm³/mol. The van der Waals surface area contributed by atoms with Crippen LogP contribution in [-0.2, 0) is 12.6 Å². The molecule has 1 aromatic heterocycles. The van der Waals surface area contributed by atoms with Gasteiger partial charge < -0.3 is 5.11 Å². The van der Waals surface area contributed by atoms with Gasteiger partial charge in [-0.1, -0.05) is 17.5 Å². The van der Waals surface area contributed by atoms with Gasteiger partial charge in [0.15, 0.2) is 0 Å². The summed E-state index contributed by atoms with van der Waals surface area (Å²) in [5.41, 5.74) is -0.926. The number of alkyl halides is 3. The van der Waals surface area contributed by atoms with Crippen molar-refractivity contribution in [2.24, 2.45) is 0 Å². The summed E-state index contributed by atoms with van der Waals surface area (Å²) in [6.07, 6.45) is -5.61. The summed E-state index contributed by atoms with van der Waals surface area (Å²) in [7, 11) is 0. The number of aliphatic hydroxyl groups is 1. The maximum Gasteiger partial charge on any atom is 0.419 e. The first kappa shape index (κ1) is 14.9. The number of rotatable bonds is 3. The van der Waals surface area contributed by atoms with Gasteiger partial charge in [-0.05, 0) is 35.6 Å². The molecule has 0 saturated carbocycles. The molecule has 108 valence electrons. The van der Waals surface area contributed by atoms with Crippen molar-refractivity contribution in [1.82, 2.24) is 9.59 Å². The topological polar surface area (TPSA) is 46.0 Å². The third-order valence-corrected chi connectivity index (χ3v) is 3.60. The second kappa shape index (κ2) is 5.45. The number of benzene rings is 1. The Hall–Kier alpha value is -1.54. The number of hydrogen-bond donors (Lipinski definition) is 1. The monoisotopic (exact) mass is 306 g/mol. The van der Waals surface area contributed by atoms with Crippen molar-refractivity contribution >= 4 is 11.5 Å². The zero-order valence-corrected chi connectivity index (χ0v) is 11.1. The molecule has 0 fully saturated rings. The molecular weight excluding hydrogens is 296 g/mol. The maximum absolute atomic E-state index is 13.2. The van der Waals surface area contributed by atoms with E-state index in [1.165, 1.54) is 0 Å². The summed E-state index contributed by atoms with van der Waals surface area (Å²) in [5, 5.41) is 13.9. The summed E-state index contributed by atoms with van der Waals surface area (Å²) < 4.78 is 54.8. The van der Waals surface area contributed by atoms with Crippen molar-refractivity contribution in [3.05, 3.63) is 45.7 Å². The van der Waals surface area contributed by atoms with E-state index < -0.39 is 23.7 Å². The minimum Gasteiger partial charge on any atom is -0.383 e. The highest BCUT2D eigenvalue weighted by Gasteiger charge is 2.35. The van der Waals surface area contributed by atoms with E-state index in [0.29, 0.717) is 29.1 Å². The highest BCUT2D eigenvalue weighted by atomic mass is 32.1. The molecule has 1 unspecified atom stereocenters. The minimum absolute atomic E-state index is 0.0422. The SMILES string of the molecule is CCc1nnsc1C(O)c1ccc(F)c(C(F)(F)F)c1. The highest BCUT2D eigenvalue weighted by molar-refractivity contribution is 7.05. The normalized spacial score (nSPS) is 13.5. The smallest absolute Gasteiger partial charge is 0.383 e. The number of halogens is 4. The van der Waals surface area contributed by atoms with Gasteiger partial charge in [0.05, 0.1) is 16.1 Å². The Kier molecular flexibility index (Phi) is 4.05. The van der Waals surface area contributed by atoms with E-state index in [4.69, 9.17) is 0 Å². The molecule has 0 aliphatic heterocycles. The Balaban J connectivity index is 2.43. The van der Waals surface area contributed by atoms with E-state index in [2.05, 4.69) is 9.59 Å². The Morgan fingerprint density at radius 3 is 2.65 bits per heavy atom. The van der Waals surface area contributed by atoms with Gasteiger partial charge in [0.1, 0.15) is 11.9 Å². The van der Waals surface area contributed by atoms with Crippen LogP contribution in [0, 0.1) is 5.82 Å². The van der Waals surface area contributed by atoms with Crippen LogP contribution < -0.4 is 0 Å². The summed E-state index contributed by atoms with van der Waals surface area (Å²) in [6.45, 7) is 1.79. The van der Waals surface area contributed by atoms with E-state index in [0.717, 1.165) is 17.6 Å². The van der Waals surface area contributed by atoms with E-state index >= 15 is 0 Å². The average Bonchev–Trinajstić information content (AvgIpc) is 2.85. The fourth-order valence-electron chi connectivity index (χ4n) is 1.75. The first-order chi connectivity index (χ1) is 9.34. The lowest BCUT2D eigenvalue weighted by atomic mass is 10.0. The van der Waals surface area contributed by atoms with Crippen molar-refractivity contribution in [2.45, 2.75) is 25.6 Å². The van der Waals surface area contributed by atoms with Crippen molar-refractivity contribution < 1.29 is 22.7 Å². The Morgan fingerprint density at radius 2 is 2.05 bits per heavy atom. The van der Waals surface area contributed by atoms with Crippen LogP contribution in [0.2, 0.25) is 0 Å². The van der Waals surface area contributed by atoms with Crippen molar-refractivity contribution in [1.29, 1.82) is 0 Å². The maximum atomic E-state index is 13.2. The number of nitrogens with zero attached hydrogens (tertiary/aromatic N) is 2. The molecule has 0 aliphatic carbocycles. The van der Waals surface area contributed by atoms with Crippen LogP contribution in [-0.4, -0.2) is 14.7 Å². The first-order valence-electron chi connectivity index (χ1n) is 5.70. The average molecular weight is 306 g/mol. The summed E-state index contributed by atoms with van der Waals surface area (Å²) in [6, 6.07) is 2.43. The van der Waals surface area contributed by atoms with Crippen molar-refractivity contribution in [2.75, 3.05) is 0 Å². The van der Waals surface area contributed by atoms with E-state index in [9.17, 15) is 22.7 Å². The van der Waals surface area contributed by atoms with Crippen LogP contribution in [0.5, 0.6) is 0 Å². The molecule has 1 atom stereocenters. The zero-order chi connectivity index (χ0) is 14.9. The van der Waals surface area contributed by atoms with Crippen molar-refractivity contribution in [3.63, 3.8) is 0 Å². The second-order valence-electron chi connectivity index (χ2n) is 4.08. The number of aliphatic hydroxyl groups excluding tert-OH is 1. The molecule has 0 aliphatic rings. The van der Waals surface area contributed by atoms with Crippen LogP contribution >= 0.6 is 11.5 Å². The molecule has 0 saturated heterocycles. The molecule has 2 rings (SSSR count). The lowest BCUT2D eigenvalue weighted by Gasteiger charge is -2.13. The molecular formula is C12H10F4N2OS. The lowest BCUT2D eigenvalue weighted by molar-refractivity contribution is -0.140. The highest BCUT2D eigenvalue weighted by Crippen LogP contribution is 2.35. The van der Waals surface area contributed by atoms with Gasteiger partial charge in [0.25, 0.3) is 0 Å².